The summed E-state index contributed by atoms with van der Waals surface area (Å²) in [5.74, 6) is 1.10. The van der Waals surface area contributed by atoms with E-state index in [4.69, 9.17) is 16.3 Å². The number of pyridine rings is 1. The summed E-state index contributed by atoms with van der Waals surface area (Å²) in [6, 6.07) is 14.1. The molecule has 0 aliphatic heterocycles. The Hall–Kier alpha value is -3.78. The molecule has 2 heterocycles. The average Bonchev–Trinajstić information content (AvgIpc) is 2.76. The van der Waals surface area contributed by atoms with E-state index < -0.39 is 0 Å². The van der Waals surface area contributed by atoms with Crippen molar-refractivity contribution in [3.8, 4) is 11.5 Å². The second kappa shape index (κ2) is 8.30. The van der Waals surface area contributed by atoms with Crippen LogP contribution in [0.4, 0.5) is 11.6 Å². The number of aryl methyl sites for hydroxylation is 1. The van der Waals surface area contributed by atoms with E-state index in [9.17, 15) is 4.79 Å². The molecule has 0 saturated heterocycles. The topological polar surface area (TPSA) is 102 Å². The summed E-state index contributed by atoms with van der Waals surface area (Å²) in [7, 11) is 1.55. The van der Waals surface area contributed by atoms with Crippen LogP contribution in [0.2, 0.25) is 5.02 Å². The van der Waals surface area contributed by atoms with Crippen molar-refractivity contribution in [1.82, 2.24) is 25.5 Å². The molecular weight excluding hydrogens is 404 g/mol. The van der Waals surface area contributed by atoms with E-state index in [1.165, 1.54) is 6.20 Å². The molecule has 2 N–H and O–H groups in total. The molecule has 0 unspecified atom stereocenters. The third-order valence-corrected chi connectivity index (χ3v) is 4.69. The average molecular weight is 421 g/mol. The fraction of sp³-hybridized carbons (Fsp3) is 0.0952. The number of carbonyl (C=O) groups is 1. The fourth-order valence-corrected chi connectivity index (χ4v) is 2.86. The van der Waals surface area contributed by atoms with Crippen LogP contribution in [0.25, 0.3) is 11.0 Å². The highest BCUT2D eigenvalue weighted by molar-refractivity contribution is 6.31. The van der Waals surface area contributed by atoms with E-state index in [-0.39, 0.29) is 11.6 Å². The van der Waals surface area contributed by atoms with Gasteiger partial charge in [0.2, 0.25) is 5.95 Å². The third-order valence-electron chi connectivity index (χ3n) is 4.27. The van der Waals surface area contributed by atoms with Crippen molar-refractivity contribution in [2.24, 2.45) is 0 Å². The maximum Gasteiger partial charge on any atom is 0.269 e. The lowest BCUT2D eigenvalue weighted by Crippen LogP contribution is -2.18. The highest BCUT2D eigenvalue weighted by Gasteiger charge is 2.09. The van der Waals surface area contributed by atoms with Crippen molar-refractivity contribution in [2.75, 3.05) is 12.4 Å². The second-order valence-corrected chi connectivity index (χ2v) is 6.84. The zero-order valence-corrected chi connectivity index (χ0v) is 16.9. The second-order valence-electron chi connectivity index (χ2n) is 6.43. The molecule has 2 aromatic carbocycles. The molecule has 0 radical (unpaired) electrons. The van der Waals surface area contributed by atoms with E-state index in [1.807, 2.05) is 19.1 Å². The van der Waals surface area contributed by atoms with E-state index in [0.717, 1.165) is 11.3 Å². The Balaban J connectivity index is 1.59. The monoisotopic (exact) mass is 420 g/mol. The third kappa shape index (κ3) is 4.28. The minimum Gasteiger partial charge on any atom is -0.457 e. The standard InChI is InChI=1S/C21H17ClN6O2/c1-12-9-13(3-5-16(12)22)25-21-26-18-10-14(4-6-17(18)27-28-21)30-15-7-8-24-19(11-15)20(29)23-2/h3-11H,1-2H3,(H,23,29)(H,25,26,28). The predicted molar refractivity (Wildman–Crippen MR) is 115 cm³/mol. The van der Waals surface area contributed by atoms with Gasteiger partial charge in [0.15, 0.2) is 0 Å². The van der Waals surface area contributed by atoms with Crippen molar-refractivity contribution in [1.29, 1.82) is 0 Å². The molecular formula is C21H17ClN6O2. The van der Waals surface area contributed by atoms with E-state index in [2.05, 4.69) is 30.8 Å². The number of fused-ring (bicyclic) bond motifs is 1. The van der Waals surface area contributed by atoms with Gasteiger partial charge in [-0.15, -0.1) is 10.2 Å². The molecule has 4 rings (SSSR count). The number of carbonyl (C=O) groups excluding carboxylic acids is 1. The largest absolute Gasteiger partial charge is 0.457 e. The van der Waals surface area contributed by atoms with Crippen LogP contribution < -0.4 is 15.4 Å². The SMILES string of the molecule is CNC(=O)c1cc(Oc2ccc3nnc(Nc4ccc(Cl)c(C)c4)nc3c2)ccn1. The Kier molecular flexibility index (Phi) is 5.40. The van der Waals surface area contributed by atoms with Gasteiger partial charge >= 0.3 is 0 Å². The Morgan fingerprint density at radius 2 is 1.83 bits per heavy atom. The number of benzene rings is 2. The van der Waals surface area contributed by atoms with Gasteiger partial charge in [-0.1, -0.05) is 11.6 Å². The number of nitrogens with zero attached hydrogens (tertiary/aromatic N) is 4. The van der Waals surface area contributed by atoms with Gasteiger partial charge < -0.3 is 15.4 Å². The number of aromatic nitrogens is 4. The molecule has 0 bridgehead atoms. The first kappa shape index (κ1) is 19.5. The maximum atomic E-state index is 11.8. The Labute approximate surface area is 177 Å². The summed E-state index contributed by atoms with van der Waals surface area (Å²) in [6.45, 7) is 1.92. The molecule has 0 saturated carbocycles. The predicted octanol–water partition coefficient (Wildman–Crippen LogP) is 4.28. The van der Waals surface area contributed by atoms with Crippen LogP contribution in [0.5, 0.6) is 11.5 Å². The summed E-state index contributed by atoms with van der Waals surface area (Å²) >= 11 is 6.07. The molecule has 9 heteroatoms. The first-order chi connectivity index (χ1) is 14.5. The number of amides is 1. The van der Waals surface area contributed by atoms with Crippen LogP contribution in [0.1, 0.15) is 16.1 Å². The van der Waals surface area contributed by atoms with Crippen LogP contribution in [-0.2, 0) is 0 Å². The quantitative estimate of drug-likeness (QED) is 0.496. The summed E-state index contributed by atoms with van der Waals surface area (Å²) in [4.78, 5) is 20.3. The van der Waals surface area contributed by atoms with Crippen LogP contribution in [0.3, 0.4) is 0 Å². The molecule has 0 aliphatic rings. The zero-order valence-electron chi connectivity index (χ0n) is 16.2. The first-order valence-electron chi connectivity index (χ1n) is 9.05. The lowest BCUT2D eigenvalue weighted by Gasteiger charge is -2.09. The number of anilines is 2. The van der Waals surface area contributed by atoms with Crippen molar-refractivity contribution < 1.29 is 9.53 Å². The molecule has 0 fully saturated rings. The number of hydrogen-bond donors (Lipinski definition) is 2. The maximum absolute atomic E-state index is 11.8. The lowest BCUT2D eigenvalue weighted by molar-refractivity contribution is 0.0958. The minimum absolute atomic E-state index is 0.268. The highest BCUT2D eigenvalue weighted by Crippen LogP contribution is 2.26. The molecule has 2 aromatic heterocycles. The minimum atomic E-state index is -0.288. The number of ether oxygens (including phenoxy) is 1. The fourth-order valence-electron chi connectivity index (χ4n) is 2.75. The highest BCUT2D eigenvalue weighted by atomic mass is 35.5. The van der Waals surface area contributed by atoms with Gasteiger partial charge in [0.25, 0.3) is 5.91 Å². The summed E-state index contributed by atoms with van der Waals surface area (Å²) in [6.07, 6.45) is 1.51. The van der Waals surface area contributed by atoms with Crippen molar-refractivity contribution in [2.45, 2.75) is 6.92 Å². The smallest absolute Gasteiger partial charge is 0.269 e. The number of nitrogens with one attached hydrogen (secondary N) is 2. The number of halogens is 1. The number of hydrogen-bond acceptors (Lipinski definition) is 7. The lowest BCUT2D eigenvalue weighted by atomic mass is 10.2. The Bertz CT molecular complexity index is 1250. The molecule has 0 spiro atoms. The van der Waals surface area contributed by atoms with Crippen molar-refractivity contribution in [3.63, 3.8) is 0 Å². The van der Waals surface area contributed by atoms with Gasteiger partial charge in [-0.3, -0.25) is 9.78 Å². The summed E-state index contributed by atoms with van der Waals surface area (Å²) in [5.41, 5.74) is 3.25. The van der Waals surface area contributed by atoms with Crippen LogP contribution in [0, 0.1) is 6.92 Å². The van der Waals surface area contributed by atoms with Crippen molar-refractivity contribution in [3.05, 3.63) is 71.0 Å². The molecule has 150 valence electrons. The Morgan fingerprint density at radius 3 is 2.63 bits per heavy atom. The first-order valence-corrected chi connectivity index (χ1v) is 9.43. The normalized spacial score (nSPS) is 10.6. The van der Waals surface area contributed by atoms with E-state index in [1.54, 1.807) is 43.4 Å². The molecule has 30 heavy (non-hydrogen) atoms. The van der Waals surface area contributed by atoms with Crippen LogP contribution in [0.15, 0.2) is 54.7 Å². The van der Waals surface area contributed by atoms with Gasteiger partial charge in [0.05, 0.1) is 5.52 Å². The van der Waals surface area contributed by atoms with Gasteiger partial charge in [0, 0.05) is 36.1 Å². The van der Waals surface area contributed by atoms with Gasteiger partial charge in [-0.2, -0.15) is 0 Å². The van der Waals surface area contributed by atoms with Crippen molar-refractivity contribution >= 4 is 40.2 Å². The van der Waals surface area contributed by atoms with Gasteiger partial charge in [-0.25, -0.2) is 4.98 Å². The summed E-state index contributed by atoms with van der Waals surface area (Å²) in [5, 5.41) is 14.6. The molecule has 0 atom stereocenters. The van der Waals surface area contributed by atoms with Gasteiger partial charge in [-0.05, 0) is 48.9 Å². The van der Waals surface area contributed by atoms with Gasteiger partial charge in [0.1, 0.15) is 22.7 Å². The van der Waals surface area contributed by atoms with E-state index in [0.29, 0.717) is 33.5 Å². The zero-order chi connectivity index (χ0) is 21.1. The Morgan fingerprint density at radius 1 is 1.00 bits per heavy atom. The number of rotatable bonds is 5. The van der Waals surface area contributed by atoms with Crippen LogP contribution >= 0.6 is 11.6 Å². The van der Waals surface area contributed by atoms with E-state index >= 15 is 0 Å². The molecule has 0 aliphatic carbocycles. The van der Waals surface area contributed by atoms with Crippen LogP contribution in [-0.4, -0.2) is 33.1 Å². The molecule has 4 aromatic rings. The molecule has 8 nitrogen and oxygen atoms in total. The summed E-state index contributed by atoms with van der Waals surface area (Å²) < 4.78 is 5.87. The molecule has 1 amide bonds.